The Balaban J connectivity index is 2.45. The zero-order valence-corrected chi connectivity index (χ0v) is 13.3. The summed E-state index contributed by atoms with van der Waals surface area (Å²) in [7, 11) is 0. The molecule has 1 aromatic carbocycles. The van der Waals surface area contributed by atoms with Crippen LogP contribution in [-0.4, -0.2) is 45.8 Å². The molecule has 0 heterocycles. The van der Waals surface area contributed by atoms with Crippen molar-refractivity contribution in [2.75, 3.05) is 6.54 Å². The number of hydrogen-bond donors (Lipinski definition) is 4. The monoisotopic (exact) mass is 353 g/mol. The van der Waals surface area contributed by atoms with Gasteiger partial charge >= 0.3 is 12.1 Å². The number of nitrogens with two attached hydrogens (primary N) is 1. The predicted octanol–water partition coefficient (Wildman–Crippen LogP) is 0.533. The first-order chi connectivity index (χ1) is 11.8. The zero-order valence-electron chi connectivity index (χ0n) is 13.3. The molecule has 0 aliphatic heterocycles. The Morgan fingerprint density at radius 1 is 1.40 bits per heavy atom. The highest BCUT2D eigenvalue weighted by molar-refractivity contribution is 5.79. The molecule has 5 N–H and O–H groups in total. The molecule has 0 spiro atoms. The van der Waals surface area contributed by atoms with Crippen molar-refractivity contribution in [3.8, 4) is 0 Å². The molecule has 1 rings (SSSR count). The summed E-state index contributed by atoms with van der Waals surface area (Å²) in [5.74, 6) is -2.06. The molecule has 0 saturated carbocycles. The number of carbonyl (C=O) groups excluding carboxylic acids is 1. The van der Waals surface area contributed by atoms with Crippen LogP contribution in [-0.2, 0) is 16.1 Å². The van der Waals surface area contributed by atoms with E-state index >= 15 is 0 Å². The number of nitrogens with zero attached hydrogens (tertiary/aromatic N) is 2. The van der Waals surface area contributed by atoms with Gasteiger partial charge in [0.15, 0.2) is 5.03 Å². The van der Waals surface area contributed by atoms with E-state index in [0.717, 1.165) is 5.56 Å². The van der Waals surface area contributed by atoms with Crippen molar-refractivity contribution in [2.45, 2.75) is 25.5 Å². The van der Waals surface area contributed by atoms with E-state index in [1.54, 1.807) is 30.3 Å². The third kappa shape index (κ3) is 7.16. The van der Waals surface area contributed by atoms with Crippen molar-refractivity contribution >= 4 is 18.0 Å². The normalized spacial score (nSPS) is 11.2. The minimum absolute atomic E-state index is 0.0154. The van der Waals surface area contributed by atoms with E-state index in [0.29, 0.717) is 5.01 Å². The Morgan fingerprint density at radius 2 is 2.04 bits per heavy atom. The van der Waals surface area contributed by atoms with Crippen molar-refractivity contribution in [1.29, 1.82) is 5.41 Å². The summed E-state index contributed by atoms with van der Waals surface area (Å²) in [5.41, 5.74) is 5.79. The zero-order chi connectivity index (χ0) is 18.8. The molecule has 1 atom stereocenters. The van der Waals surface area contributed by atoms with Crippen LogP contribution in [0.2, 0.25) is 0 Å². The Labute approximate surface area is 143 Å². The number of nitrogens with one attached hydrogen (secondary N) is 2. The van der Waals surface area contributed by atoms with Gasteiger partial charge in [-0.2, -0.15) is 0 Å². The molecule has 0 aliphatic carbocycles. The van der Waals surface area contributed by atoms with Gasteiger partial charge in [0.2, 0.25) is 0 Å². The highest BCUT2D eigenvalue weighted by Crippen LogP contribution is 2.04. The Hall–Kier alpha value is -3.37. The minimum Gasteiger partial charge on any atom is -0.480 e. The number of guanidine groups is 1. The van der Waals surface area contributed by atoms with Crippen LogP contribution in [0.4, 0.5) is 4.79 Å². The molecular formula is C14H19N5O6. The molecule has 1 amide bonds. The topological polar surface area (TPSA) is 172 Å². The molecular weight excluding hydrogens is 334 g/mol. The van der Waals surface area contributed by atoms with E-state index in [9.17, 15) is 19.7 Å². The fraction of sp³-hybridized carbons (Fsp3) is 0.357. The number of benzene rings is 1. The second-order valence-electron chi connectivity index (χ2n) is 4.99. The van der Waals surface area contributed by atoms with E-state index in [4.69, 9.17) is 21.0 Å². The van der Waals surface area contributed by atoms with E-state index in [1.165, 1.54) is 0 Å². The summed E-state index contributed by atoms with van der Waals surface area (Å²) in [6.07, 6.45) is -0.974. The number of alkyl carbamates (subject to hydrolysis) is 1. The van der Waals surface area contributed by atoms with E-state index in [2.05, 4.69) is 5.32 Å². The van der Waals surface area contributed by atoms with Crippen molar-refractivity contribution in [1.82, 2.24) is 10.3 Å². The van der Waals surface area contributed by atoms with Gasteiger partial charge in [-0.1, -0.05) is 35.3 Å². The highest BCUT2D eigenvalue weighted by atomic mass is 16.7. The first kappa shape index (κ1) is 19.7. The lowest BCUT2D eigenvalue weighted by Gasteiger charge is -2.16. The van der Waals surface area contributed by atoms with Crippen LogP contribution < -0.4 is 11.1 Å². The van der Waals surface area contributed by atoms with Crippen LogP contribution in [0.15, 0.2) is 30.3 Å². The van der Waals surface area contributed by atoms with Gasteiger partial charge < -0.3 is 20.9 Å². The molecule has 0 bridgehead atoms. The number of nitro groups is 1. The average Bonchev–Trinajstić information content (AvgIpc) is 2.55. The summed E-state index contributed by atoms with van der Waals surface area (Å²) in [6, 6.07) is 7.56. The van der Waals surface area contributed by atoms with Gasteiger partial charge in [-0.25, -0.2) is 19.7 Å². The second kappa shape index (κ2) is 9.70. The van der Waals surface area contributed by atoms with Crippen molar-refractivity contribution in [3.05, 3.63) is 46.0 Å². The summed E-state index contributed by atoms with van der Waals surface area (Å²) < 4.78 is 4.93. The number of carboxylic acid groups (broad SMARTS) is 1. The summed E-state index contributed by atoms with van der Waals surface area (Å²) >= 11 is 0. The molecule has 1 aromatic rings. The minimum atomic E-state index is -1.30. The standard InChI is InChI=1S/C14H19N5O6/c15-13(16)18(19(23)24)8-4-7-11(12(20)21)17-14(22)25-9-10-5-2-1-3-6-10/h1-3,5-6,11H,4,7-9H2,(H3,15,16)(H,17,22)(H,20,21). The fourth-order valence-electron chi connectivity index (χ4n) is 1.90. The van der Waals surface area contributed by atoms with Crippen LogP contribution >= 0.6 is 0 Å². The van der Waals surface area contributed by atoms with Gasteiger partial charge in [-0.05, 0) is 18.4 Å². The molecule has 1 unspecified atom stereocenters. The number of hydrogen-bond acceptors (Lipinski definition) is 6. The number of carbonyl (C=O) groups is 2. The fourth-order valence-corrected chi connectivity index (χ4v) is 1.90. The number of rotatable bonds is 9. The highest BCUT2D eigenvalue weighted by Gasteiger charge is 2.23. The van der Waals surface area contributed by atoms with E-state index in [1.807, 2.05) is 0 Å². The van der Waals surface area contributed by atoms with Crippen molar-refractivity contribution in [2.24, 2.45) is 5.73 Å². The maximum atomic E-state index is 11.7. The average molecular weight is 353 g/mol. The van der Waals surface area contributed by atoms with Gasteiger partial charge in [-0.3, -0.25) is 5.41 Å². The quantitative estimate of drug-likeness (QED) is 0.215. The maximum absolute atomic E-state index is 11.7. The molecule has 0 fully saturated rings. The van der Waals surface area contributed by atoms with Gasteiger partial charge in [0.1, 0.15) is 12.6 Å². The van der Waals surface area contributed by atoms with E-state index in [-0.39, 0.29) is 26.0 Å². The first-order valence-corrected chi connectivity index (χ1v) is 7.27. The summed E-state index contributed by atoms with van der Waals surface area (Å²) in [5, 5.41) is 28.5. The molecule has 0 saturated heterocycles. The predicted molar refractivity (Wildman–Crippen MR) is 86.0 cm³/mol. The lowest BCUT2D eigenvalue weighted by atomic mass is 10.1. The molecule has 11 heteroatoms. The van der Waals surface area contributed by atoms with Crippen LogP contribution in [0.5, 0.6) is 0 Å². The third-order valence-corrected chi connectivity index (χ3v) is 3.14. The van der Waals surface area contributed by atoms with Crippen molar-refractivity contribution in [3.63, 3.8) is 0 Å². The first-order valence-electron chi connectivity index (χ1n) is 7.27. The van der Waals surface area contributed by atoms with Crippen LogP contribution in [0.25, 0.3) is 0 Å². The molecule has 25 heavy (non-hydrogen) atoms. The molecule has 136 valence electrons. The maximum Gasteiger partial charge on any atom is 0.408 e. The number of hydrazine groups is 1. The van der Waals surface area contributed by atoms with Gasteiger partial charge in [0.25, 0.3) is 5.96 Å². The largest absolute Gasteiger partial charge is 0.480 e. The Morgan fingerprint density at radius 3 is 2.56 bits per heavy atom. The lowest BCUT2D eigenvalue weighted by molar-refractivity contribution is -0.629. The van der Waals surface area contributed by atoms with Crippen LogP contribution in [0, 0.1) is 15.5 Å². The lowest BCUT2D eigenvalue weighted by Crippen LogP contribution is -2.44. The second-order valence-corrected chi connectivity index (χ2v) is 4.99. The van der Waals surface area contributed by atoms with Crippen LogP contribution in [0.1, 0.15) is 18.4 Å². The molecule has 11 nitrogen and oxygen atoms in total. The number of ether oxygens (including phenoxy) is 1. The summed E-state index contributed by atoms with van der Waals surface area (Å²) in [4.78, 5) is 33.5. The Kier molecular flexibility index (Phi) is 7.63. The van der Waals surface area contributed by atoms with Gasteiger partial charge in [0.05, 0.1) is 6.54 Å². The smallest absolute Gasteiger partial charge is 0.408 e. The Bertz CT molecular complexity index is 609. The number of amides is 1. The molecule has 0 radical (unpaired) electrons. The molecule has 0 aliphatic rings. The molecule has 0 aromatic heterocycles. The van der Waals surface area contributed by atoms with Gasteiger partial charge in [-0.15, -0.1) is 0 Å². The van der Waals surface area contributed by atoms with Crippen molar-refractivity contribution < 1.29 is 24.5 Å². The number of aliphatic carboxylic acids is 1. The van der Waals surface area contributed by atoms with Gasteiger partial charge in [0, 0.05) is 0 Å². The van der Waals surface area contributed by atoms with E-state index < -0.39 is 29.1 Å². The SMILES string of the molecule is N=C(N)N(CCCC(NC(=O)OCc1ccccc1)C(=O)O)[N+](=O)[O-]. The number of carboxylic acids is 1. The third-order valence-electron chi connectivity index (χ3n) is 3.14. The van der Waals surface area contributed by atoms with Crippen LogP contribution in [0.3, 0.4) is 0 Å². The summed E-state index contributed by atoms with van der Waals surface area (Å²) in [6.45, 7) is -0.273.